The summed E-state index contributed by atoms with van der Waals surface area (Å²) in [6, 6.07) is 12.6. The predicted octanol–water partition coefficient (Wildman–Crippen LogP) is 4.94. The fraction of sp³-hybridized carbons (Fsp3) is 0.158. The van der Waals surface area contributed by atoms with E-state index < -0.39 is 0 Å². The second kappa shape index (κ2) is 8.13. The number of methoxy groups -OCH3 is 1. The molecule has 1 aliphatic rings. The minimum Gasteiger partial charge on any atom is -0.492 e. The fourth-order valence-corrected chi connectivity index (χ4v) is 4.24. The van der Waals surface area contributed by atoms with Crippen LogP contribution < -0.4 is 14.4 Å². The van der Waals surface area contributed by atoms with Crippen molar-refractivity contribution in [3.05, 3.63) is 56.5 Å². The summed E-state index contributed by atoms with van der Waals surface area (Å²) in [6.07, 6.45) is 1.71. The zero-order valence-corrected chi connectivity index (χ0v) is 17.2. The number of hydrogen-bond donors (Lipinski definition) is 0. The average molecular weight is 481 g/mol. The van der Waals surface area contributed by atoms with Crippen molar-refractivity contribution in [2.24, 2.45) is 0 Å². The molecule has 0 N–H and O–H groups in total. The second-order valence-electron chi connectivity index (χ2n) is 5.32. The minimum atomic E-state index is -0.324. The number of anilines is 1. The molecule has 2 aromatic carbocycles. The van der Waals surface area contributed by atoms with Crippen LogP contribution in [0.2, 0.25) is 0 Å². The smallest absolute Gasteiger partial charge is 0.298 e. The first-order valence-corrected chi connectivity index (χ1v) is 9.78. The molecule has 3 rings (SSSR count). The molecule has 134 valence electrons. The third-order valence-corrected chi connectivity index (χ3v) is 5.31. The Morgan fingerprint density at radius 1 is 1.19 bits per heavy atom. The highest BCUT2D eigenvalue weighted by Crippen LogP contribution is 2.38. The maximum atomic E-state index is 12.7. The van der Waals surface area contributed by atoms with Crippen molar-refractivity contribution in [2.45, 2.75) is 6.92 Å². The molecule has 2 amide bonds. The monoisotopic (exact) mass is 481 g/mol. The molecule has 0 aliphatic carbocycles. The van der Waals surface area contributed by atoms with Gasteiger partial charge in [-0.3, -0.25) is 9.59 Å². The Hall–Kier alpha value is -2.00. The van der Waals surface area contributed by atoms with Gasteiger partial charge in [0.25, 0.3) is 11.1 Å². The van der Waals surface area contributed by atoms with Gasteiger partial charge in [0.1, 0.15) is 0 Å². The Morgan fingerprint density at radius 3 is 2.58 bits per heavy atom. The molecule has 1 heterocycles. The molecule has 0 saturated carbocycles. The number of carbonyl (C=O) groups is 2. The van der Waals surface area contributed by atoms with Crippen molar-refractivity contribution in [2.75, 3.05) is 18.6 Å². The highest BCUT2D eigenvalue weighted by atomic mass is 127. The van der Waals surface area contributed by atoms with Crippen LogP contribution >= 0.6 is 34.4 Å². The maximum absolute atomic E-state index is 12.7. The lowest BCUT2D eigenvalue weighted by Gasteiger charge is -2.12. The summed E-state index contributed by atoms with van der Waals surface area (Å²) in [5, 5.41) is -0.305. The second-order valence-corrected chi connectivity index (χ2v) is 7.48. The number of imide groups is 1. The lowest BCUT2D eigenvalue weighted by molar-refractivity contribution is -0.113. The summed E-state index contributed by atoms with van der Waals surface area (Å²) in [5.41, 5.74) is 1.34. The van der Waals surface area contributed by atoms with Gasteiger partial charge in [-0.25, -0.2) is 4.90 Å². The quantitative estimate of drug-likeness (QED) is 0.448. The summed E-state index contributed by atoms with van der Waals surface area (Å²) in [6.45, 7) is 2.39. The van der Waals surface area contributed by atoms with E-state index >= 15 is 0 Å². The molecule has 0 atom stereocenters. The standard InChI is InChI=1S/C19H16INO4S/c1-3-25-15-10-12(9-14(20)17(15)24-2)11-16-18(22)21(19(23)26-16)13-7-5-4-6-8-13/h4-11H,3H2,1-2H3/b16-11-. The third-order valence-electron chi connectivity index (χ3n) is 3.64. The average Bonchev–Trinajstić information content (AvgIpc) is 2.89. The zero-order chi connectivity index (χ0) is 18.7. The summed E-state index contributed by atoms with van der Waals surface area (Å²) < 4.78 is 11.9. The lowest BCUT2D eigenvalue weighted by Crippen LogP contribution is -2.27. The van der Waals surface area contributed by atoms with Gasteiger partial charge in [0.15, 0.2) is 11.5 Å². The number of nitrogens with zero attached hydrogens (tertiary/aromatic N) is 1. The Balaban J connectivity index is 1.96. The number of para-hydroxylation sites is 1. The van der Waals surface area contributed by atoms with Gasteiger partial charge in [-0.1, -0.05) is 18.2 Å². The van der Waals surface area contributed by atoms with E-state index in [1.165, 1.54) is 4.90 Å². The summed E-state index contributed by atoms with van der Waals surface area (Å²) >= 11 is 3.09. The van der Waals surface area contributed by atoms with Gasteiger partial charge >= 0.3 is 0 Å². The van der Waals surface area contributed by atoms with Gasteiger partial charge < -0.3 is 9.47 Å². The van der Waals surface area contributed by atoms with Crippen molar-refractivity contribution in [3.8, 4) is 11.5 Å². The topological polar surface area (TPSA) is 55.8 Å². The zero-order valence-electron chi connectivity index (χ0n) is 14.2. The van der Waals surface area contributed by atoms with Gasteiger partial charge in [0.05, 0.1) is 27.9 Å². The first kappa shape index (κ1) is 18.8. The van der Waals surface area contributed by atoms with Crippen LogP contribution in [0, 0.1) is 3.57 Å². The number of hydrogen-bond acceptors (Lipinski definition) is 5. The minimum absolute atomic E-state index is 0.305. The van der Waals surface area contributed by atoms with E-state index in [0.29, 0.717) is 28.7 Å². The molecule has 7 heteroatoms. The SMILES string of the molecule is CCOc1cc(/C=C2\SC(=O)N(c3ccccc3)C2=O)cc(I)c1OC. The first-order valence-electron chi connectivity index (χ1n) is 7.88. The molecule has 2 aromatic rings. The number of benzene rings is 2. The van der Waals surface area contributed by atoms with Crippen LogP contribution in [0.3, 0.4) is 0 Å². The fourth-order valence-electron chi connectivity index (χ4n) is 2.55. The highest BCUT2D eigenvalue weighted by molar-refractivity contribution is 14.1. The molecule has 1 fully saturated rings. The van der Waals surface area contributed by atoms with E-state index in [1.54, 1.807) is 43.5 Å². The van der Waals surface area contributed by atoms with Crippen LogP contribution in [-0.4, -0.2) is 24.9 Å². The summed E-state index contributed by atoms with van der Waals surface area (Å²) in [5.74, 6) is 0.937. The third kappa shape index (κ3) is 3.73. The molecule has 0 bridgehead atoms. The molecule has 26 heavy (non-hydrogen) atoms. The van der Waals surface area contributed by atoms with Crippen LogP contribution in [-0.2, 0) is 4.79 Å². The van der Waals surface area contributed by atoms with Crippen LogP contribution in [0.5, 0.6) is 11.5 Å². The lowest BCUT2D eigenvalue weighted by atomic mass is 10.1. The number of carbonyl (C=O) groups excluding carboxylic acids is 2. The van der Waals surface area contributed by atoms with Gasteiger partial charge in [-0.2, -0.15) is 0 Å². The molecule has 0 aromatic heterocycles. The molecule has 1 saturated heterocycles. The van der Waals surface area contributed by atoms with Crippen molar-refractivity contribution in [1.29, 1.82) is 0 Å². The van der Waals surface area contributed by atoms with E-state index in [4.69, 9.17) is 9.47 Å². The van der Waals surface area contributed by atoms with Crippen LogP contribution in [0.25, 0.3) is 6.08 Å². The molecule has 0 radical (unpaired) electrons. The van der Waals surface area contributed by atoms with Gasteiger partial charge in [0, 0.05) is 0 Å². The molecule has 0 unspecified atom stereocenters. The molecular weight excluding hydrogens is 465 g/mol. The van der Waals surface area contributed by atoms with Crippen molar-refractivity contribution in [3.63, 3.8) is 0 Å². The van der Waals surface area contributed by atoms with Gasteiger partial charge in [0.2, 0.25) is 0 Å². The molecule has 0 spiro atoms. The van der Waals surface area contributed by atoms with E-state index in [2.05, 4.69) is 22.6 Å². The van der Waals surface area contributed by atoms with E-state index in [0.717, 1.165) is 20.9 Å². The van der Waals surface area contributed by atoms with E-state index in [9.17, 15) is 9.59 Å². The van der Waals surface area contributed by atoms with Crippen molar-refractivity contribution in [1.82, 2.24) is 0 Å². The van der Waals surface area contributed by atoms with Crippen LogP contribution in [0.15, 0.2) is 47.4 Å². The molecular formula is C19H16INO4S. The summed E-state index contributed by atoms with van der Waals surface area (Å²) in [7, 11) is 1.59. The Morgan fingerprint density at radius 2 is 1.92 bits per heavy atom. The van der Waals surface area contributed by atoms with Gasteiger partial charge in [-0.05, 0) is 77.2 Å². The number of rotatable bonds is 5. The normalized spacial score (nSPS) is 15.7. The van der Waals surface area contributed by atoms with Crippen molar-refractivity contribution >= 4 is 57.3 Å². The van der Waals surface area contributed by atoms with Crippen molar-refractivity contribution < 1.29 is 19.1 Å². The first-order chi connectivity index (χ1) is 12.5. The Kier molecular flexibility index (Phi) is 5.87. The van der Waals surface area contributed by atoms with E-state index in [-0.39, 0.29) is 11.1 Å². The highest BCUT2D eigenvalue weighted by Gasteiger charge is 2.36. The summed E-state index contributed by atoms with van der Waals surface area (Å²) in [4.78, 5) is 26.6. The van der Waals surface area contributed by atoms with Crippen LogP contribution in [0.1, 0.15) is 12.5 Å². The Bertz CT molecular complexity index is 883. The van der Waals surface area contributed by atoms with Gasteiger partial charge in [-0.15, -0.1) is 0 Å². The molecule has 1 aliphatic heterocycles. The van der Waals surface area contributed by atoms with E-state index in [1.807, 2.05) is 19.1 Å². The number of thioether (sulfide) groups is 1. The molecule has 5 nitrogen and oxygen atoms in total. The largest absolute Gasteiger partial charge is 0.492 e. The maximum Gasteiger partial charge on any atom is 0.298 e. The number of ether oxygens (including phenoxy) is 2. The predicted molar refractivity (Wildman–Crippen MR) is 112 cm³/mol. The van der Waals surface area contributed by atoms with Crippen LogP contribution in [0.4, 0.5) is 10.5 Å². The number of amides is 2. The number of halogens is 1. The Labute approximate surface area is 169 Å².